The van der Waals surface area contributed by atoms with Crippen LogP contribution in [0.15, 0.2) is 27.0 Å². The zero-order valence-corrected chi connectivity index (χ0v) is 10.6. The molecule has 0 fully saturated rings. The Morgan fingerprint density at radius 3 is 2.63 bits per heavy atom. The highest BCUT2D eigenvalue weighted by molar-refractivity contribution is 8.01. The van der Waals surface area contributed by atoms with Crippen LogP contribution in [0.1, 0.15) is 16.1 Å². The molecule has 0 radical (unpaired) electrons. The molecule has 0 aromatic carbocycles. The number of halogens is 3. The summed E-state index contributed by atoms with van der Waals surface area (Å²) in [6.07, 6.45) is -4.59. The van der Waals surface area contributed by atoms with Gasteiger partial charge in [-0.15, -0.1) is 10.2 Å². The number of hydrogen-bond donors (Lipinski definition) is 1. The molecule has 0 aliphatic rings. The van der Waals surface area contributed by atoms with Gasteiger partial charge in [0.25, 0.3) is 5.91 Å². The van der Waals surface area contributed by atoms with E-state index >= 15 is 0 Å². The van der Waals surface area contributed by atoms with E-state index in [-0.39, 0.29) is 10.6 Å². The molecular weight excluding hydrogens is 301 g/mol. The Kier molecular flexibility index (Phi) is 3.71. The Hall–Kier alpha value is -1.68. The molecule has 0 saturated heterocycles. The third-order valence-electron chi connectivity index (χ3n) is 1.94. The van der Waals surface area contributed by atoms with Crippen molar-refractivity contribution in [2.24, 2.45) is 5.73 Å². The highest BCUT2D eigenvalue weighted by Gasteiger charge is 2.33. The number of hydrogen-bond acceptors (Lipinski definition) is 6. The zero-order chi connectivity index (χ0) is 14.0. The Morgan fingerprint density at radius 2 is 2.11 bits per heavy atom. The average molecular weight is 306 g/mol. The zero-order valence-electron chi connectivity index (χ0n) is 9.01. The summed E-state index contributed by atoms with van der Waals surface area (Å²) in [6, 6.07) is 1.71. The van der Waals surface area contributed by atoms with Gasteiger partial charge in [-0.2, -0.15) is 13.2 Å². The summed E-state index contributed by atoms with van der Waals surface area (Å²) in [5.41, 5.74) is 5.33. The number of pyridine rings is 1. The van der Waals surface area contributed by atoms with E-state index in [2.05, 4.69) is 15.2 Å². The fourth-order valence-corrected chi connectivity index (χ4v) is 2.67. The maximum atomic E-state index is 12.6. The predicted molar refractivity (Wildman–Crippen MR) is 61.8 cm³/mol. The van der Waals surface area contributed by atoms with Crippen molar-refractivity contribution in [1.29, 1.82) is 0 Å². The summed E-state index contributed by atoms with van der Waals surface area (Å²) in [7, 11) is 0. The molecule has 2 aromatic heterocycles. The van der Waals surface area contributed by atoms with Crippen LogP contribution in [0.25, 0.3) is 0 Å². The monoisotopic (exact) mass is 306 g/mol. The quantitative estimate of drug-likeness (QED) is 0.940. The first kappa shape index (κ1) is 13.7. The number of primary amides is 1. The fraction of sp³-hybridized carbons (Fsp3) is 0.111. The smallest absolute Gasteiger partial charge is 0.366 e. The normalized spacial score (nSPS) is 11.5. The first-order chi connectivity index (χ1) is 8.88. The van der Waals surface area contributed by atoms with Gasteiger partial charge in [0, 0.05) is 0 Å². The molecule has 2 N–H and O–H groups in total. The SMILES string of the molecule is NC(=O)c1ccc(C(F)(F)F)nc1Sc1nncs1. The number of amides is 1. The van der Waals surface area contributed by atoms with Gasteiger partial charge in [0.1, 0.15) is 16.2 Å². The molecule has 0 spiro atoms. The lowest BCUT2D eigenvalue weighted by molar-refractivity contribution is -0.141. The average Bonchev–Trinajstić information content (AvgIpc) is 2.80. The van der Waals surface area contributed by atoms with Crippen molar-refractivity contribution in [2.45, 2.75) is 15.5 Å². The minimum atomic E-state index is -4.59. The predicted octanol–water partition coefficient (Wildman–Crippen LogP) is 2.20. The molecule has 2 aromatic rings. The number of nitrogens with two attached hydrogens (primary N) is 1. The fourth-order valence-electron chi connectivity index (χ4n) is 1.15. The molecule has 2 rings (SSSR count). The van der Waals surface area contributed by atoms with Gasteiger partial charge < -0.3 is 5.73 Å². The van der Waals surface area contributed by atoms with Gasteiger partial charge >= 0.3 is 6.18 Å². The first-order valence-corrected chi connectivity index (χ1v) is 6.39. The minimum Gasteiger partial charge on any atom is -0.366 e. The maximum absolute atomic E-state index is 12.6. The van der Waals surface area contributed by atoms with Crippen LogP contribution < -0.4 is 5.73 Å². The first-order valence-electron chi connectivity index (χ1n) is 4.70. The number of nitrogens with zero attached hydrogens (tertiary/aromatic N) is 3. The second-order valence-electron chi connectivity index (χ2n) is 3.22. The van der Waals surface area contributed by atoms with Gasteiger partial charge in [-0.1, -0.05) is 11.3 Å². The molecule has 0 aliphatic carbocycles. The van der Waals surface area contributed by atoms with Crippen molar-refractivity contribution in [3.8, 4) is 0 Å². The van der Waals surface area contributed by atoms with Crippen LogP contribution in [0.5, 0.6) is 0 Å². The second-order valence-corrected chi connectivity index (χ2v) is 5.29. The van der Waals surface area contributed by atoms with Crippen molar-refractivity contribution < 1.29 is 18.0 Å². The maximum Gasteiger partial charge on any atom is 0.433 e. The molecule has 0 unspecified atom stereocenters. The molecule has 0 saturated carbocycles. The van der Waals surface area contributed by atoms with Gasteiger partial charge in [0.15, 0.2) is 4.34 Å². The van der Waals surface area contributed by atoms with Crippen LogP contribution >= 0.6 is 23.1 Å². The summed E-state index contributed by atoms with van der Waals surface area (Å²) in [5.74, 6) is -0.853. The molecule has 5 nitrogen and oxygen atoms in total. The highest BCUT2D eigenvalue weighted by Crippen LogP contribution is 2.34. The van der Waals surface area contributed by atoms with E-state index in [9.17, 15) is 18.0 Å². The third-order valence-corrected chi connectivity index (χ3v) is 3.72. The molecule has 0 atom stereocenters. The van der Waals surface area contributed by atoms with Crippen molar-refractivity contribution >= 4 is 29.0 Å². The molecule has 2 heterocycles. The van der Waals surface area contributed by atoms with Gasteiger partial charge in [-0.05, 0) is 23.9 Å². The van der Waals surface area contributed by atoms with Gasteiger partial charge in [-0.3, -0.25) is 4.79 Å². The number of carbonyl (C=O) groups is 1. The number of carbonyl (C=O) groups excluding carboxylic acids is 1. The van der Waals surface area contributed by atoms with Crippen molar-refractivity contribution in [2.75, 3.05) is 0 Å². The van der Waals surface area contributed by atoms with E-state index in [0.717, 1.165) is 29.2 Å². The Morgan fingerprint density at radius 1 is 1.37 bits per heavy atom. The third kappa shape index (κ3) is 3.20. The van der Waals surface area contributed by atoms with Gasteiger partial charge in [0.05, 0.1) is 5.56 Å². The van der Waals surface area contributed by atoms with E-state index in [1.807, 2.05) is 0 Å². The summed E-state index contributed by atoms with van der Waals surface area (Å²) >= 11 is 1.93. The molecule has 10 heteroatoms. The molecule has 0 bridgehead atoms. The van der Waals surface area contributed by atoms with Crippen LogP contribution in [-0.4, -0.2) is 21.1 Å². The topological polar surface area (TPSA) is 81.8 Å². The van der Waals surface area contributed by atoms with E-state index in [0.29, 0.717) is 10.4 Å². The molecule has 19 heavy (non-hydrogen) atoms. The molecular formula is C9H5F3N4OS2. The lowest BCUT2D eigenvalue weighted by atomic mass is 10.2. The summed E-state index contributed by atoms with van der Waals surface area (Å²) < 4.78 is 38.1. The summed E-state index contributed by atoms with van der Waals surface area (Å²) in [5, 5.41) is 7.07. The van der Waals surface area contributed by atoms with Crippen molar-refractivity contribution in [3.63, 3.8) is 0 Å². The minimum absolute atomic E-state index is 0.0896. The standard InChI is InChI=1S/C9H5F3N4OS2/c10-9(11,12)5-2-1-4(6(13)17)7(15-5)19-8-16-14-3-18-8/h1-3H,(H2,13,17). The lowest BCUT2D eigenvalue weighted by Crippen LogP contribution is -2.16. The van der Waals surface area contributed by atoms with Crippen LogP contribution in [0.2, 0.25) is 0 Å². The van der Waals surface area contributed by atoms with Crippen LogP contribution in [0, 0.1) is 0 Å². The largest absolute Gasteiger partial charge is 0.433 e. The van der Waals surface area contributed by atoms with Crippen molar-refractivity contribution in [3.05, 3.63) is 28.9 Å². The summed E-state index contributed by atoms with van der Waals surface area (Å²) in [6.45, 7) is 0. The lowest BCUT2D eigenvalue weighted by Gasteiger charge is -2.09. The molecule has 0 aliphatic heterocycles. The Labute approximate surface area is 113 Å². The van der Waals surface area contributed by atoms with Crippen LogP contribution in [-0.2, 0) is 6.18 Å². The number of alkyl halides is 3. The molecule has 1 amide bonds. The Balaban J connectivity index is 2.45. The van der Waals surface area contributed by atoms with E-state index in [1.165, 1.54) is 5.51 Å². The molecule has 100 valence electrons. The van der Waals surface area contributed by atoms with Crippen molar-refractivity contribution in [1.82, 2.24) is 15.2 Å². The Bertz CT molecular complexity index is 600. The van der Waals surface area contributed by atoms with Crippen LogP contribution in [0.4, 0.5) is 13.2 Å². The number of aromatic nitrogens is 3. The summed E-state index contributed by atoms with van der Waals surface area (Å²) in [4.78, 5) is 14.6. The van der Waals surface area contributed by atoms with E-state index in [4.69, 9.17) is 5.73 Å². The second kappa shape index (κ2) is 5.13. The van der Waals surface area contributed by atoms with Crippen LogP contribution in [0.3, 0.4) is 0 Å². The van der Waals surface area contributed by atoms with Gasteiger partial charge in [-0.25, -0.2) is 4.98 Å². The van der Waals surface area contributed by atoms with Gasteiger partial charge in [0.2, 0.25) is 0 Å². The highest BCUT2D eigenvalue weighted by atomic mass is 32.2. The number of rotatable bonds is 3. The van der Waals surface area contributed by atoms with E-state index in [1.54, 1.807) is 0 Å². The van der Waals surface area contributed by atoms with E-state index < -0.39 is 17.8 Å².